The van der Waals surface area contributed by atoms with Gasteiger partial charge in [0.15, 0.2) is 0 Å². The van der Waals surface area contributed by atoms with Gasteiger partial charge in [-0.2, -0.15) is 0 Å². The number of allylic oxidation sites excluding steroid dienone is 1. The molecule has 4 nitrogen and oxygen atoms in total. The zero-order chi connectivity index (χ0) is 18.0. The molecular formula is C17H16Cl3NO3. The van der Waals surface area contributed by atoms with Gasteiger partial charge in [0.25, 0.3) is 0 Å². The molecule has 1 aliphatic rings. The van der Waals surface area contributed by atoms with E-state index in [9.17, 15) is 9.59 Å². The number of Topliss-reactive ketones (excluding diaryl/α,β-unsaturated/α-hetero) is 1. The molecule has 7 heteroatoms. The first kappa shape index (κ1) is 19.0. The second-order valence-electron chi connectivity index (χ2n) is 5.39. The van der Waals surface area contributed by atoms with Gasteiger partial charge in [-0.15, -0.1) is 0 Å². The van der Waals surface area contributed by atoms with Crippen molar-refractivity contribution in [3.63, 3.8) is 0 Å². The van der Waals surface area contributed by atoms with Gasteiger partial charge in [0.1, 0.15) is 11.3 Å². The molecule has 1 aromatic carbocycles. The number of rotatable bonds is 5. The molecule has 0 N–H and O–H groups in total. The van der Waals surface area contributed by atoms with Gasteiger partial charge in [-0.1, -0.05) is 65.1 Å². The van der Waals surface area contributed by atoms with E-state index in [-0.39, 0.29) is 24.5 Å². The third-order valence-corrected chi connectivity index (χ3v) is 4.58. The molecule has 2 rings (SSSR count). The number of ether oxygens (including phenoxy) is 1. The summed E-state index contributed by atoms with van der Waals surface area (Å²) in [5.74, 6) is -0.839. The normalized spacial score (nSPS) is 20.4. The summed E-state index contributed by atoms with van der Waals surface area (Å²) in [7, 11) is 0. The van der Waals surface area contributed by atoms with Crippen LogP contribution < -0.4 is 0 Å². The van der Waals surface area contributed by atoms with Crippen LogP contribution in [0, 0.1) is 0 Å². The van der Waals surface area contributed by atoms with E-state index in [4.69, 9.17) is 39.5 Å². The fourth-order valence-electron chi connectivity index (χ4n) is 2.47. The molecule has 0 saturated carbocycles. The van der Waals surface area contributed by atoms with E-state index < -0.39 is 15.3 Å². The van der Waals surface area contributed by atoms with Crippen molar-refractivity contribution >= 4 is 52.3 Å². The molecule has 0 fully saturated rings. The van der Waals surface area contributed by atoms with Gasteiger partial charge in [-0.05, 0) is 25.5 Å². The molecule has 128 valence electrons. The number of benzene rings is 1. The first-order valence-corrected chi connectivity index (χ1v) is 8.45. The number of ketones is 1. The van der Waals surface area contributed by atoms with Crippen LogP contribution in [0.5, 0.6) is 0 Å². The lowest BCUT2D eigenvalue weighted by Crippen LogP contribution is -2.41. The number of esters is 1. The molecule has 1 unspecified atom stereocenters. The maximum atomic E-state index is 12.7. The van der Waals surface area contributed by atoms with Gasteiger partial charge < -0.3 is 4.74 Å². The molecule has 1 heterocycles. The Kier molecular flexibility index (Phi) is 5.74. The van der Waals surface area contributed by atoms with Crippen molar-refractivity contribution in [1.82, 2.24) is 0 Å². The molecule has 0 amide bonds. The Labute approximate surface area is 155 Å². The number of carbonyl (C=O) groups excluding carboxylic acids is 2. The average Bonchev–Trinajstić information content (AvgIpc) is 2.85. The molecule has 1 aliphatic heterocycles. The third kappa shape index (κ3) is 3.82. The Morgan fingerprint density at radius 2 is 1.83 bits per heavy atom. The lowest BCUT2D eigenvalue weighted by molar-refractivity contribution is -0.144. The van der Waals surface area contributed by atoms with E-state index in [0.29, 0.717) is 11.1 Å². The van der Waals surface area contributed by atoms with Crippen molar-refractivity contribution in [3.05, 3.63) is 47.5 Å². The van der Waals surface area contributed by atoms with Crippen LogP contribution in [0.2, 0.25) is 0 Å². The fourth-order valence-corrected chi connectivity index (χ4v) is 2.96. The molecule has 0 aromatic heterocycles. The Hall–Kier alpha value is -1.36. The quantitative estimate of drug-likeness (QED) is 0.428. The first-order valence-electron chi connectivity index (χ1n) is 7.32. The Balaban J connectivity index is 2.43. The Bertz CT molecular complexity index is 708. The second kappa shape index (κ2) is 7.26. The molecular weight excluding hydrogens is 373 g/mol. The number of carbonyl (C=O) groups is 2. The summed E-state index contributed by atoms with van der Waals surface area (Å²) in [5, 5.41) is 0. The summed E-state index contributed by atoms with van der Waals surface area (Å²) >= 11 is 18.2. The monoisotopic (exact) mass is 387 g/mol. The standard InChI is InChI=1S/C17H16Cl3NO3/c1-3-24-13(22)10-16(17(18,19)20)9-11(2)14(21-16)15(23)12-7-5-4-6-8-12/h4-9H,3,10H2,1-2H3. The molecule has 0 bridgehead atoms. The lowest BCUT2D eigenvalue weighted by Gasteiger charge is -2.30. The molecule has 0 radical (unpaired) electrons. The summed E-state index contributed by atoms with van der Waals surface area (Å²) in [5.41, 5.74) is -0.259. The predicted octanol–water partition coefficient (Wildman–Crippen LogP) is 4.33. The average molecular weight is 389 g/mol. The SMILES string of the molecule is CCOC(=O)CC1(C(Cl)(Cl)Cl)C=C(C)C(C(=O)c2ccccc2)=N1. The van der Waals surface area contributed by atoms with Crippen LogP contribution >= 0.6 is 34.8 Å². The maximum absolute atomic E-state index is 12.7. The highest BCUT2D eigenvalue weighted by Crippen LogP contribution is 2.47. The molecule has 24 heavy (non-hydrogen) atoms. The van der Waals surface area contributed by atoms with E-state index in [2.05, 4.69) is 4.99 Å². The summed E-state index contributed by atoms with van der Waals surface area (Å²) in [6.45, 7) is 3.59. The molecule has 0 aliphatic carbocycles. The zero-order valence-electron chi connectivity index (χ0n) is 13.2. The molecule has 1 atom stereocenters. The largest absolute Gasteiger partial charge is 0.466 e. The second-order valence-corrected chi connectivity index (χ2v) is 7.67. The van der Waals surface area contributed by atoms with Crippen LogP contribution in [0.1, 0.15) is 30.6 Å². The highest BCUT2D eigenvalue weighted by molar-refractivity contribution is 6.69. The molecule has 0 spiro atoms. The van der Waals surface area contributed by atoms with E-state index in [0.717, 1.165) is 0 Å². The summed E-state index contributed by atoms with van der Waals surface area (Å²) in [4.78, 5) is 28.9. The lowest BCUT2D eigenvalue weighted by atomic mass is 9.97. The van der Waals surface area contributed by atoms with Crippen LogP contribution in [-0.4, -0.2) is 33.4 Å². The van der Waals surface area contributed by atoms with Gasteiger partial charge in [0.2, 0.25) is 9.58 Å². The highest BCUT2D eigenvalue weighted by atomic mass is 35.6. The number of aliphatic imine (C=N–C) groups is 1. The Morgan fingerprint density at radius 1 is 1.21 bits per heavy atom. The number of hydrogen-bond acceptors (Lipinski definition) is 4. The minimum absolute atomic E-state index is 0.178. The third-order valence-electron chi connectivity index (χ3n) is 3.60. The van der Waals surface area contributed by atoms with Crippen molar-refractivity contribution in [1.29, 1.82) is 0 Å². The topological polar surface area (TPSA) is 55.7 Å². The Morgan fingerprint density at radius 3 is 2.38 bits per heavy atom. The number of alkyl halides is 3. The number of hydrogen-bond donors (Lipinski definition) is 0. The maximum Gasteiger partial charge on any atom is 0.308 e. The summed E-state index contributed by atoms with van der Waals surface area (Å²) < 4.78 is 3.04. The van der Waals surface area contributed by atoms with Crippen molar-refractivity contribution in [2.75, 3.05) is 6.61 Å². The van der Waals surface area contributed by atoms with E-state index in [1.54, 1.807) is 44.2 Å². The predicted molar refractivity (Wildman–Crippen MR) is 96.2 cm³/mol. The van der Waals surface area contributed by atoms with Crippen molar-refractivity contribution in [2.45, 2.75) is 29.6 Å². The van der Waals surface area contributed by atoms with Gasteiger partial charge in [0, 0.05) is 5.56 Å². The van der Waals surface area contributed by atoms with E-state index in [1.807, 2.05) is 6.07 Å². The van der Waals surface area contributed by atoms with Crippen LogP contribution in [0.25, 0.3) is 0 Å². The van der Waals surface area contributed by atoms with E-state index >= 15 is 0 Å². The fraction of sp³-hybridized carbons (Fsp3) is 0.353. The molecule has 0 saturated heterocycles. The van der Waals surface area contributed by atoms with Crippen LogP contribution in [-0.2, 0) is 9.53 Å². The smallest absolute Gasteiger partial charge is 0.308 e. The minimum Gasteiger partial charge on any atom is -0.466 e. The minimum atomic E-state index is -1.90. The van der Waals surface area contributed by atoms with Crippen molar-refractivity contribution in [3.8, 4) is 0 Å². The van der Waals surface area contributed by atoms with Crippen LogP contribution in [0.3, 0.4) is 0 Å². The summed E-state index contributed by atoms with van der Waals surface area (Å²) in [6.07, 6.45) is 1.29. The van der Waals surface area contributed by atoms with Gasteiger partial charge >= 0.3 is 5.97 Å². The van der Waals surface area contributed by atoms with Gasteiger partial charge in [0.05, 0.1) is 13.0 Å². The highest BCUT2D eigenvalue weighted by Gasteiger charge is 2.52. The molecule has 1 aromatic rings. The van der Waals surface area contributed by atoms with Crippen LogP contribution in [0.15, 0.2) is 47.0 Å². The van der Waals surface area contributed by atoms with Gasteiger partial charge in [-0.25, -0.2) is 0 Å². The number of nitrogens with zero attached hydrogens (tertiary/aromatic N) is 1. The number of halogens is 3. The van der Waals surface area contributed by atoms with E-state index in [1.165, 1.54) is 0 Å². The summed E-state index contributed by atoms with van der Waals surface area (Å²) in [6, 6.07) is 8.67. The van der Waals surface area contributed by atoms with Crippen LogP contribution in [0.4, 0.5) is 0 Å². The van der Waals surface area contributed by atoms with Gasteiger partial charge in [-0.3, -0.25) is 14.6 Å². The van der Waals surface area contributed by atoms with Crippen molar-refractivity contribution in [2.24, 2.45) is 4.99 Å². The zero-order valence-corrected chi connectivity index (χ0v) is 15.5. The van der Waals surface area contributed by atoms with Crippen molar-refractivity contribution < 1.29 is 14.3 Å². The first-order chi connectivity index (χ1) is 11.2.